The maximum atomic E-state index is 13.8. The molecule has 1 aliphatic carbocycles. The van der Waals surface area contributed by atoms with Crippen molar-refractivity contribution < 1.29 is 27.9 Å². The van der Waals surface area contributed by atoms with Gasteiger partial charge in [-0.1, -0.05) is 38.7 Å². The average molecular weight is 492 g/mol. The first-order valence-corrected chi connectivity index (χ1v) is 11.9. The number of ether oxygens (including phenoxy) is 2. The summed E-state index contributed by atoms with van der Waals surface area (Å²) in [5.41, 5.74) is 1.27. The third-order valence-electron chi connectivity index (χ3n) is 5.75. The Morgan fingerprint density at radius 1 is 1.26 bits per heavy atom. The molecule has 2 aromatic heterocycles. The number of pyridine rings is 1. The fraction of sp³-hybridized carbons (Fsp3) is 0.542. The van der Waals surface area contributed by atoms with Gasteiger partial charge in [-0.25, -0.2) is 19.3 Å². The SMILES string of the molecule is CCCCOC(=O)C1CCCCC1.O=C1COCCN1c1cccc(-c2nc(NF)ncc2F)n1. The van der Waals surface area contributed by atoms with E-state index in [1.54, 1.807) is 12.1 Å². The second-order valence-corrected chi connectivity index (χ2v) is 8.32. The highest BCUT2D eigenvalue weighted by Gasteiger charge is 2.23. The van der Waals surface area contributed by atoms with Crippen molar-refractivity contribution in [2.45, 2.75) is 51.9 Å². The minimum absolute atomic E-state index is 0.0241. The molecule has 0 unspecified atom stereocenters. The zero-order valence-electron chi connectivity index (χ0n) is 19.8. The lowest BCUT2D eigenvalue weighted by Gasteiger charge is -2.26. The Labute approximate surface area is 203 Å². The van der Waals surface area contributed by atoms with Gasteiger partial charge in [-0.3, -0.25) is 14.5 Å². The standard InChI is InChI=1S/C13H11F2N5O2.C11H20O2/c14-8-6-16-13(19-15)18-12(8)9-2-1-3-10(17-9)20-4-5-22-7-11(20)21;1-2-3-9-13-11(12)10-7-5-4-6-8-10/h1-3,6H,4-5,7H2,(H,16,18,19);10H,2-9H2,1H3. The predicted octanol–water partition coefficient (Wildman–Crippen LogP) is 4.25. The molecular weight excluding hydrogens is 460 g/mol. The number of anilines is 2. The molecule has 0 spiro atoms. The summed E-state index contributed by atoms with van der Waals surface area (Å²) in [5, 5.41) is 0. The summed E-state index contributed by atoms with van der Waals surface area (Å²) in [6.45, 7) is 3.46. The molecule has 1 N–H and O–H groups in total. The first-order chi connectivity index (χ1) is 17.0. The van der Waals surface area contributed by atoms with Crippen molar-refractivity contribution in [2.75, 3.05) is 36.8 Å². The minimum atomic E-state index is -0.739. The molecule has 190 valence electrons. The lowest BCUT2D eigenvalue weighted by atomic mass is 9.89. The number of esters is 1. The van der Waals surface area contributed by atoms with E-state index in [4.69, 9.17) is 9.47 Å². The van der Waals surface area contributed by atoms with E-state index in [2.05, 4.69) is 21.9 Å². The molecule has 1 amide bonds. The monoisotopic (exact) mass is 491 g/mol. The number of hydrogen-bond acceptors (Lipinski definition) is 8. The zero-order valence-corrected chi connectivity index (χ0v) is 19.8. The summed E-state index contributed by atoms with van der Waals surface area (Å²) >= 11 is 0. The van der Waals surface area contributed by atoms with Crippen molar-refractivity contribution in [1.29, 1.82) is 0 Å². The molecular formula is C24H31F2N5O4. The fourth-order valence-corrected chi connectivity index (χ4v) is 3.83. The van der Waals surface area contributed by atoms with E-state index in [0.29, 0.717) is 25.6 Å². The van der Waals surface area contributed by atoms with Crippen molar-refractivity contribution >= 4 is 23.6 Å². The minimum Gasteiger partial charge on any atom is -0.465 e. The van der Waals surface area contributed by atoms with Crippen molar-refractivity contribution in [3.8, 4) is 11.4 Å². The summed E-state index contributed by atoms with van der Waals surface area (Å²) in [7, 11) is 0. The zero-order chi connectivity index (χ0) is 25.0. The Balaban J connectivity index is 0.000000225. The topological polar surface area (TPSA) is 107 Å². The Bertz CT molecular complexity index is 988. The number of amides is 1. The molecule has 9 nitrogen and oxygen atoms in total. The normalized spacial score (nSPS) is 16.3. The van der Waals surface area contributed by atoms with Crippen LogP contribution < -0.4 is 10.4 Å². The van der Waals surface area contributed by atoms with Gasteiger partial charge in [-0.15, -0.1) is 4.48 Å². The molecule has 4 rings (SSSR count). The first kappa shape index (κ1) is 26.4. The van der Waals surface area contributed by atoms with Crippen molar-refractivity contribution in [3.63, 3.8) is 0 Å². The number of carbonyl (C=O) groups excluding carboxylic acids is 2. The van der Waals surface area contributed by atoms with E-state index in [-0.39, 0.29) is 41.7 Å². The van der Waals surface area contributed by atoms with Gasteiger partial charge in [0.05, 0.1) is 37.6 Å². The third-order valence-corrected chi connectivity index (χ3v) is 5.75. The van der Waals surface area contributed by atoms with Crippen LogP contribution in [0.15, 0.2) is 24.4 Å². The molecule has 1 saturated heterocycles. The number of hydrogen-bond donors (Lipinski definition) is 1. The third kappa shape index (κ3) is 7.64. The molecule has 11 heteroatoms. The number of nitrogens with one attached hydrogen (secondary N) is 1. The van der Waals surface area contributed by atoms with Gasteiger partial charge in [-0.2, -0.15) is 5.54 Å². The largest absolute Gasteiger partial charge is 0.465 e. The molecule has 0 aromatic carbocycles. The predicted molar refractivity (Wildman–Crippen MR) is 126 cm³/mol. The number of nitrogens with zero attached hydrogens (tertiary/aromatic N) is 4. The van der Waals surface area contributed by atoms with Crippen LogP contribution in [-0.2, 0) is 19.1 Å². The molecule has 3 heterocycles. The average Bonchev–Trinajstić information content (AvgIpc) is 2.90. The molecule has 2 aliphatic rings. The van der Waals surface area contributed by atoms with E-state index in [9.17, 15) is 18.5 Å². The van der Waals surface area contributed by atoms with Crippen LogP contribution in [0.5, 0.6) is 0 Å². The number of unbranched alkanes of at least 4 members (excludes halogenated alkanes) is 1. The quantitative estimate of drug-likeness (QED) is 0.348. The molecule has 0 atom stereocenters. The van der Waals surface area contributed by atoms with Crippen molar-refractivity contribution in [2.24, 2.45) is 5.92 Å². The number of rotatable bonds is 7. The number of carbonyl (C=O) groups is 2. The number of halogens is 2. The molecule has 2 aromatic rings. The van der Waals surface area contributed by atoms with Crippen LogP contribution in [0.4, 0.5) is 20.6 Å². The smallest absolute Gasteiger partial charge is 0.308 e. The van der Waals surface area contributed by atoms with Gasteiger partial charge in [-0.05, 0) is 31.4 Å². The van der Waals surface area contributed by atoms with Gasteiger partial charge in [0.2, 0.25) is 0 Å². The second kappa shape index (κ2) is 13.6. The summed E-state index contributed by atoms with van der Waals surface area (Å²) in [6, 6.07) is 4.76. The van der Waals surface area contributed by atoms with E-state index < -0.39 is 5.82 Å². The van der Waals surface area contributed by atoms with Gasteiger partial charge >= 0.3 is 5.97 Å². The molecule has 1 saturated carbocycles. The summed E-state index contributed by atoms with van der Waals surface area (Å²) < 4.78 is 36.4. The van der Waals surface area contributed by atoms with E-state index >= 15 is 0 Å². The summed E-state index contributed by atoms with van der Waals surface area (Å²) in [5.74, 6) is -0.717. The van der Waals surface area contributed by atoms with E-state index in [1.807, 2.05) is 0 Å². The lowest BCUT2D eigenvalue weighted by molar-refractivity contribution is -0.149. The van der Waals surface area contributed by atoms with Crippen LogP contribution in [0.1, 0.15) is 51.9 Å². The Kier molecular flexibility index (Phi) is 10.3. The van der Waals surface area contributed by atoms with Gasteiger partial charge in [0, 0.05) is 0 Å². The summed E-state index contributed by atoms with van der Waals surface area (Å²) in [6.07, 6.45) is 8.73. The highest BCUT2D eigenvalue weighted by molar-refractivity contribution is 5.94. The van der Waals surface area contributed by atoms with Crippen LogP contribution in [0, 0.1) is 11.7 Å². The van der Waals surface area contributed by atoms with E-state index in [1.165, 1.54) is 35.8 Å². The maximum absolute atomic E-state index is 13.8. The highest BCUT2D eigenvalue weighted by Crippen LogP contribution is 2.25. The fourth-order valence-electron chi connectivity index (χ4n) is 3.83. The summed E-state index contributed by atoms with van der Waals surface area (Å²) in [4.78, 5) is 36.1. The Hall–Kier alpha value is -3.21. The molecule has 35 heavy (non-hydrogen) atoms. The van der Waals surface area contributed by atoms with E-state index in [0.717, 1.165) is 31.9 Å². The van der Waals surface area contributed by atoms with Crippen LogP contribution in [0.2, 0.25) is 0 Å². The molecule has 0 bridgehead atoms. The molecule has 0 radical (unpaired) electrons. The van der Waals surface area contributed by atoms with Gasteiger partial charge in [0.1, 0.15) is 18.1 Å². The molecule has 2 fully saturated rings. The Morgan fingerprint density at radius 3 is 2.77 bits per heavy atom. The van der Waals surface area contributed by atoms with Gasteiger partial charge in [0.25, 0.3) is 11.9 Å². The highest BCUT2D eigenvalue weighted by atomic mass is 19.2. The number of morpholine rings is 1. The second-order valence-electron chi connectivity index (χ2n) is 8.32. The maximum Gasteiger partial charge on any atom is 0.308 e. The van der Waals surface area contributed by atoms with Gasteiger partial charge < -0.3 is 9.47 Å². The van der Waals surface area contributed by atoms with Crippen LogP contribution in [-0.4, -0.2) is 53.2 Å². The Morgan fingerprint density at radius 2 is 2.06 bits per heavy atom. The number of aromatic nitrogens is 3. The van der Waals surface area contributed by atoms with Crippen LogP contribution in [0.3, 0.4) is 0 Å². The van der Waals surface area contributed by atoms with Crippen molar-refractivity contribution in [3.05, 3.63) is 30.2 Å². The van der Waals surface area contributed by atoms with Crippen LogP contribution >= 0.6 is 0 Å². The van der Waals surface area contributed by atoms with Crippen molar-refractivity contribution in [1.82, 2.24) is 15.0 Å². The van der Waals surface area contributed by atoms with Gasteiger partial charge in [0.15, 0.2) is 5.82 Å². The molecule has 1 aliphatic heterocycles. The lowest BCUT2D eigenvalue weighted by Crippen LogP contribution is -2.42. The van der Waals surface area contributed by atoms with Crippen LogP contribution in [0.25, 0.3) is 11.4 Å². The first-order valence-electron chi connectivity index (χ1n) is 11.9.